The minimum Gasteiger partial charge on any atom is -0.313 e. The van der Waals surface area contributed by atoms with Gasteiger partial charge in [0.2, 0.25) is 0 Å². The van der Waals surface area contributed by atoms with Crippen molar-refractivity contribution in [3.05, 3.63) is 0 Å². The van der Waals surface area contributed by atoms with Crippen LogP contribution in [-0.4, -0.2) is 32.1 Å². The first kappa shape index (κ1) is 8.87. The molecule has 1 heterocycles. The lowest BCUT2D eigenvalue weighted by atomic mass is 10.2. The van der Waals surface area contributed by atoms with Crippen molar-refractivity contribution in [1.82, 2.24) is 10.6 Å². The van der Waals surface area contributed by atoms with Gasteiger partial charge in [-0.25, -0.2) is 8.78 Å². The predicted octanol–water partition coefficient (Wildman–Crippen LogP) is 0.593. The minimum atomic E-state index is -2.23. The van der Waals surface area contributed by atoms with E-state index in [1.54, 1.807) is 0 Å². The molecule has 11 heavy (non-hydrogen) atoms. The Balaban J connectivity index is 1.94. The molecule has 0 aromatic heterocycles. The molecule has 2 N–H and O–H groups in total. The molecule has 1 unspecified atom stereocenters. The number of hydrogen-bond donors (Lipinski definition) is 2. The van der Waals surface area contributed by atoms with E-state index in [0.29, 0.717) is 12.6 Å². The van der Waals surface area contributed by atoms with Crippen LogP contribution in [0.3, 0.4) is 0 Å². The maximum absolute atomic E-state index is 11.6. The number of halogens is 2. The fraction of sp³-hybridized carbons (Fsp3) is 1.00. The molecule has 1 rings (SSSR count). The summed E-state index contributed by atoms with van der Waals surface area (Å²) < 4.78 is 23.3. The number of rotatable bonds is 4. The first-order chi connectivity index (χ1) is 5.29. The highest BCUT2D eigenvalue weighted by Crippen LogP contribution is 2.03. The largest absolute Gasteiger partial charge is 0.313 e. The number of alkyl halides is 2. The SMILES string of the molecule is FC(F)CNCC1CCCN1. The van der Waals surface area contributed by atoms with Gasteiger partial charge in [0.25, 0.3) is 6.43 Å². The summed E-state index contributed by atoms with van der Waals surface area (Å²) in [6.45, 7) is 1.52. The van der Waals surface area contributed by atoms with Gasteiger partial charge in [-0.05, 0) is 19.4 Å². The lowest BCUT2D eigenvalue weighted by molar-refractivity contribution is 0.145. The quantitative estimate of drug-likeness (QED) is 0.635. The zero-order chi connectivity index (χ0) is 8.10. The van der Waals surface area contributed by atoms with Crippen LogP contribution in [0, 0.1) is 0 Å². The van der Waals surface area contributed by atoms with Gasteiger partial charge in [-0.1, -0.05) is 0 Å². The van der Waals surface area contributed by atoms with E-state index in [9.17, 15) is 8.78 Å². The van der Waals surface area contributed by atoms with Gasteiger partial charge in [-0.2, -0.15) is 0 Å². The smallest absolute Gasteiger partial charge is 0.250 e. The number of nitrogens with one attached hydrogen (secondary N) is 2. The molecule has 0 saturated carbocycles. The van der Waals surface area contributed by atoms with Gasteiger partial charge in [-0.15, -0.1) is 0 Å². The number of hydrogen-bond acceptors (Lipinski definition) is 2. The van der Waals surface area contributed by atoms with E-state index in [-0.39, 0.29) is 6.54 Å². The Kier molecular flexibility index (Phi) is 3.72. The maximum atomic E-state index is 11.6. The summed E-state index contributed by atoms with van der Waals surface area (Å²) in [5.74, 6) is 0. The summed E-state index contributed by atoms with van der Waals surface area (Å²) in [6.07, 6.45) is 0.0495. The van der Waals surface area contributed by atoms with Gasteiger partial charge in [-0.3, -0.25) is 0 Å². The second-order valence-electron chi connectivity index (χ2n) is 2.84. The van der Waals surface area contributed by atoms with Crippen LogP contribution in [-0.2, 0) is 0 Å². The zero-order valence-electron chi connectivity index (χ0n) is 6.45. The molecule has 0 aromatic carbocycles. The maximum Gasteiger partial charge on any atom is 0.250 e. The Morgan fingerprint density at radius 2 is 2.36 bits per heavy atom. The molecule has 1 aliphatic rings. The Hall–Kier alpha value is -0.220. The Morgan fingerprint density at radius 1 is 1.55 bits per heavy atom. The third kappa shape index (κ3) is 3.62. The van der Waals surface area contributed by atoms with Gasteiger partial charge in [0, 0.05) is 12.6 Å². The van der Waals surface area contributed by atoms with E-state index in [1.165, 1.54) is 6.42 Å². The van der Waals surface area contributed by atoms with Crippen LogP contribution in [0.4, 0.5) is 8.78 Å². The van der Waals surface area contributed by atoms with E-state index < -0.39 is 6.43 Å². The van der Waals surface area contributed by atoms with Gasteiger partial charge < -0.3 is 10.6 Å². The molecule has 1 fully saturated rings. The molecule has 0 aliphatic carbocycles. The Bertz CT molecular complexity index is 103. The van der Waals surface area contributed by atoms with Crippen LogP contribution >= 0.6 is 0 Å². The monoisotopic (exact) mass is 164 g/mol. The summed E-state index contributed by atoms with van der Waals surface area (Å²) >= 11 is 0. The highest BCUT2D eigenvalue weighted by atomic mass is 19.3. The molecule has 1 aliphatic heterocycles. The van der Waals surface area contributed by atoms with Crippen molar-refractivity contribution in [1.29, 1.82) is 0 Å². The van der Waals surface area contributed by atoms with Crippen molar-refractivity contribution in [2.45, 2.75) is 25.3 Å². The fourth-order valence-corrected chi connectivity index (χ4v) is 1.30. The average Bonchev–Trinajstić information content (AvgIpc) is 2.39. The third-order valence-electron chi connectivity index (χ3n) is 1.85. The van der Waals surface area contributed by atoms with Gasteiger partial charge >= 0.3 is 0 Å². The second-order valence-corrected chi connectivity index (χ2v) is 2.84. The third-order valence-corrected chi connectivity index (χ3v) is 1.85. The summed E-state index contributed by atoms with van der Waals surface area (Å²) in [4.78, 5) is 0. The summed E-state index contributed by atoms with van der Waals surface area (Å²) in [7, 11) is 0. The molecule has 0 spiro atoms. The molecule has 0 bridgehead atoms. The van der Waals surface area contributed by atoms with E-state index in [1.807, 2.05) is 0 Å². The molecule has 4 heteroatoms. The highest BCUT2D eigenvalue weighted by Gasteiger charge is 2.13. The Morgan fingerprint density at radius 3 is 2.91 bits per heavy atom. The lowest BCUT2D eigenvalue weighted by Crippen LogP contribution is -2.35. The van der Waals surface area contributed by atoms with E-state index in [0.717, 1.165) is 13.0 Å². The Labute approximate surface area is 65.4 Å². The minimum absolute atomic E-state index is 0.182. The van der Waals surface area contributed by atoms with E-state index >= 15 is 0 Å². The topological polar surface area (TPSA) is 24.1 Å². The van der Waals surface area contributed by atoms with Crippen molar-refractivity contribution < 1.29 is 8.78 Å². The standard InChI is InChI=1S/C7H14F2N2/c8-7(9)5-10-4-6-2-1-3-11-6/h6-7,10-11H,1-5H2. The molecule has 66 valence electrons. The molecule has 0 aromatic rings. The van der Waals surface area contributed by atoms with Gasteiger partial charge in [0.1, 0.15) is 0 Å². The molecule has 1 saturated heterocycles. The molecule has 0 amide bonds. The van der Waals surface area contributed by atoms with Crippen molar-refractivity contribution in [3.8, 4) is 0 Å². The lowest BCUT2D eigenvalue weighted by Gasteiger charge is -2.10. The molecule has 2 nitrogen and oxygen atoms in total. The van der Waals surface area contributed by atoms with Crippen LogP contribution in [0.1, 0.15) is 12.8 Å². The van der Waals surface area contributed by atoms with Crippen molar-refractivity contribution in [2.75, 3.05) is 19.6 Å². The summed E-state index contributed by atoms with van der Waals surface area (Å²) in [6, 6.07) is 0.411. The second kappa shape index (κ2) is 4.62. The van der Waals surface area contributed by atoms with Gasteiger partial charge in [0.05, 0.1) is 6.54 Å². The summed E-state index contributed by atoms with van der Waals surface area (Å²) in [5, 5.41) is 5.94. The van der Waals surface area contributed by atoms with Crippen LogP contribution in [0.5, 0.6) is 0 Å². The molecular formula is C7H14F2N2. The highest BCUT2D eigenvalue weighted by molar-refractivity contribution is 4.75. The van der Waals surface area contributed by atoms with Crippen molar-refractivity contribution in [2.24, 2.45) is 0 Å². The van der Waals surface area contributed by atoms with Crippen LogP contribution in [0.2, 0.25) is 0 Å². The first-order valence-electron chi connectivity index (χ1n) is 4.01. The molecule has 0 radical (unpaired) electrons. The van der Waals surface area contributed by atoms with Crippen LogP contribution in [0.15, 0.2) is 0 Å². The van der Waals surface area contributed by atoms with E-state index in [2.05, 4.69) is 10.6 Å². The van der Waals surface area contributed by atoms with Crippen molar-refractivity contribution >= 4 is 0 Å². The first-order valence-corrected chi connectivity index (χ1v) is 4.01. The fourth-order valence-electron chi connectivity index (χ4n) is 1.30. The van der Waals surface area contributed by atoms with Crippen LogP contribution < -0.4 is 10.6 Å². The normalized spacial score (nSPS) is 24.8. The predicted molar refractivity (Wildman–Crippen MR) is 39.9 cm³/mol. The molecule has 1 atom stereocenters. The van der Waals surface area contributed by atoms with Crippen LogP contribution in [0.25, 0.3) is 0 Å². The summed E-state index contributed by atoms with van der Waals surface area (Å²) in [5.41, 5.74) is 0. The molecular weight excluding hydrogens is 150 g/mol. The van der Waals surface area contributed by atoms with Crippen molar-refractivity contribution in [3.63, 3.8) is 0 Å². The van der Waals surface area contributed by atoms with E-state index in [4.69, 9.17) is 0 Å². The zero-order valence-corrected chi connectivity index (χ0v) is 6.45. The average molecular weight is 164 g/mol. The van der Waals surface area contributed by atoms with Gasteiger partial charge in [0.15, 0.2) is 0 Å².